The number of halogens is 1. The highest BCUT2D eigenvalue weighted by molar-refractivity contribution is 5.85. The van der Waals surface area contributed by atoms with E-state index in [1.165, 1.54) is 43.2 Å². The molecular formula is C16H28ClNO. The van der Waals surface area contributed by atoms with E-state index in [1.54, 1.807) is 7.11 Å². The maximum absolute atomic E-state index is 5.54. The fraction of sp³-hybridized carbons (Fsp3) is 0.625. The third kappa shape index (κ3) is 9.04. The third-order valence-corrected chi connectivity index (χ3v) is 3.22. The van der Waals surface area contributed by atoms with Gasteiger partial charge in [0, 0.05) is 13.7 Å². The van der Waals surface area contributed by atoms with Crippen molar-refractivity contribution in [3.8, 4) is 0 Å². The Morgan fingerprint density at radius 1 is 0.947 bits per heavy atom. The average Bonchev–Trinajstić information content (AvgIpc) is 2.41. The van der Waals surface area contributed by atoms with E-state index in [1.807, 2.05) is 0 Å². The van der Waals surface area contributed by atoms with E-state index in [9.17, 15) is 0 Å². The fourth-order valence-corrected chi connectivity index (χ4v) is 2.18. The number of aryl methyl sites for hydroxylation is 2. The highest BCUT2D eigenvalue weighted by atomic mass is 35.5. The largest absolute Gasteiger partial charge is 0.385 e. The van der Waals surface area contributed by atoms with Gasteiger partial charge in [-0.25, -0.2) is 0 Å². The van der Waals surface area contributed by atoms with Gasteiger partial charge < -0.3 is 10.5 Å². The molecule has 0 heterocycles. The minimum Gasteiger partial charge on any atom is -0.385 e. The molecule has 0 saturated carbocycles. The predicted octanol–water partition coefficient (Wildman–Crippen LogP) is 3.75. The first kappa shape index (κ1) is 18.4. The standard InChI is InChI=1S/C16H27NO.ClH/c1-18-13-5-3-2-4-8-15-9-6-10-16(14-15)11-7-12-17;/h6,9-10,14H,2-5,7-8,11-13,17H2,1H3;1H. The van der Waals surface area contributed by atoms with Gasteiger partial charge in [-0.15, -0.1) is 12.4 Å². The molecular weight excluding hydrogens is 258 g/mol. The van der Waals surface area contributed by atoms with Gasteiger partial charge in [0.2, 0.25) is 0 Å². The van der Waals surface area contributed by atoms with Crippen molar-refractivity contribution in [3.05, 3.63) is 35.4 Å². The highest BCUT2D eigenvalue weighted by Crippen LogP contribution is 2.11. The minimum atomic E-state index is 0. The third-order valence-electron chi connectivity index (χ3n) is 3.22. The summed E-state index contributed by atoms with van der Waals surface area (Å²) >= 11 is 0. The molecule has 0 aromatic heterocycles. The number of unbranched alkanes of at least 4 members (excludes halogenated alkanes) is 3. The molecule has 0 aliphatic carbocycles. The summed E-state index contributed by atoms with van der Waals surface area (Å²) in [6, 6.07) is 8.95. The molecule has 0 unspecified atom stereocenters. The normalized spacial score (nSPS) is 10.2. The van der Waals surface area contributed by atoms with Gasteiger partial charge in [0.15, 0.2) is 0 Å². The first-order valence-electron chi connectivity index (χ1n) is 7.13. The second-order valence-electron chi connectivity index (χ2n) is 4.87. The molecule has 0 aliphatic heterocycles. The first-order chi connectivity index (χ1) is 8.86. The summed E-state index contributed by atoms with van der Waals surface area (Å²) < 4.78 is 5.05. The van der Waals surface area contributed by atoms with E-state index in [-0.39, 0.29) is 12.4 Å². The molecule has 1 rings (SSSR count). The van der Waals surface area contributed by atoms with Crippen molar-refractivity contribution in [3.63, 3.8) is 0 Å². The molecule has 0 spiro atoms. The zero-order valence-corrected chi connectivity index (χ0v) is 12.9. The van der Waals surface area contributed by atoms with E-state index >= 15 is 0 Å². The number of nitrogens with two attached hydrogens (primary N) is 1. The Balaban J connectivity index is 0.00000324. The topological polar surface area (TPSA) is 35.2 Å². The van der Waals surface area contributed by atoms with Crippen LogP contribution in [0.25, 0.3) is 0 Å². The van der Waals surface area contributed by atoms with Crippen LogP contribution in [0.2, 0.25) is 0 Å². The second-order valence-corrected chi connectivity index (χ2v) is 4.87. The van der Waals surface area contributed by atoms with Crippen molar-refractivity contribution < 1.29 is 4.74 Å². The Morgan fingerprint density at radius 2 is 1.58 bits per heavy atom. The predicted molar refractivity (Wildman–Crippen MR) is 85.1 cm³/mol. The number of hydrogen-bond acceptors (Lipinski definition) is 2. The Hall–Kier alpha value is -0.570. The number of rotatable bonds is 10. The Morgan fingerprint density at radius 3 is 2.21 bits per heavy atom. The van der Waals surface area contributed by atoms with Crippen molar-refractivity contribution in [2.24, 2.45) is 5.73 Å². The lowest BCUT2D eigenvalue weighted by Crippen LogP contribution is -2.00. The summed E-state index contributed by atoms with van der Waals surface area (Å²) in [5.74, 6) is 0. The first-order valence-corrected chi connectivity index (χ1v) is 7.13. The van der Waals surface area contributed by atoms with E-state index in [0.29, 0.717) is 0 Å². The van der Waals surface area contributed by atoms with Crippen LogP contribution in [0.5, 0.6) is 0 Å². The zero-order valence-electron chi connectivity index (χ0n) is 12.1. The van der Waals surface area contributed by atoms with E-state index in [4.69, 9.17) is 10.5 Å². The quantitative estimate of drug-likeness (QED) is 0.665. The molecule has 2 N–H and O–H groups in total. The summed E-state index contributed by atoms with van der Waals surface area (Å²) in [7, 11) is 1.77. The highest BCUT2D eigenvalue weighted by Gasteiger charge is 1.97. The van der Waals surface area contributed by atoms with Crippen LogP contribution in [0.3, 0.4) is 0 Å². The van der Waals surface area contributed by atoms with E-state index in [0.717, 1.165) is 26.0 Å². The van der Waals surface area contributed by atoms with Gasteiger partial charge in [-0.1, -0.05) is 37.1 Å². The van der Waals surface area contributed by atoms with Gasteiger partial charge in [0.25, 0.3) is 0 Å². The average molecular weight is 286 g/mol. The summed E-state index contributed by atoms with van der Waals surface area (Å²) in [6.07, 6.45) is 8.44. The lowest BCUT2D eigenvalue weighted by atomic mass is 10.0. The molecule has 110 valence electrons. The van der Waals surface area contributed by atoms with Crippen LogP contribution < -0.4 is 5.73 Å². The van der Waals surface area contributed by atoms with Crippen molar-refractivity contribution >= 4 is 12.4 Å². The molecule has 1 aromatic carbocycles. The van der Waals surface area contributed by atoms with Crippen LogP contribution >= 0.6 is 12.4 Å². The lowest BCUT2D eigenvalue weighted by Gasteiger charge is -2.05. The number of methoxy groups -OCH3 is 1. The van der Waals surface area contributed by atoms with Crippen LogP contribution in [-0.4, -0.2) is 20.3 Å². The monoisotopic (exact) mass is 285 g/mol. The Kier molecular flexibility index (Phi) is 12.1. The zero-order chi connectivity index (χ0) is 13.1. The van der Waals surface area contributed by atoms with Crippen LogP contribution in [0.1, 0.15) is 43.2 Å². The van der Waals surface area contributed by atoms with Gasteiger partial charge in [0.1, 0.15) is 0 Å². The second kappa shape index (κ2) is 12.5. The molecule has 0 radical (unpaired) electrons. The van der Waals surface area contributed by atoms with Crippen molar-refractivity contribution in [1.82, 2.24) is 0 Å². The Labute approximate surface area is 124 Å². The van der Waals surface area contributed by atoms with Crippen LogP contribution in [0.15, 0.2) is 24.3 Å². The summed E-state index contributed by atoms with van der Waals surface area (Å²) in [5.41, 5.74) is 8.44. The van der Waals surface area contributed by atoms with Crippen molar-refractivity contribution in [1.29, 1.82) is 0 Å². The summed E-state index contributed by atoms with van der Waals surface area (Å²) in [4.78, 5) is 0. The van der Waals surface area contributed by atoms with Gasteiger partial charge in [-0.3, -0.25) is 0 Å². The smallest absolute Gasteiger partial charge is 0.0462 e. The maximum atomic E-state index is 5.54. The number of ether oxygens (including phenoxy) is 1. The van der Waals surface area contributed by atoms with Gasteiger partial charge in [-0.2, -0.15) is 0 Å². The molecule has 1 aromatic rings. The SMILES string of the molecule is COCCCCCCc1cccc(CCCN)c1.Cl. The summed E-state index contributed by atoms with van der Waals surface area (Å²) in [6.45, 7) is 1.68. The molecule has 0 fully saturated rings. The van der Waals surface area contributed by atoms with Crippen LogP contribution in [-0.2, 0) is 17.6 Å². The Bertz CT molecular complexity index is 317. The fourth-order valence-electron chi connectivity index (χ4n) is 2.18. The summed E-state index contributed by atoms with van der Waals surface area (Å²) in [5, 5.41) is 0. The molecule has 2 nitrogen and oxygen atoms in total. The van der Waals surface area contributed by atoms with Crippen LogP contribution in [0.4, 0.5) is 0 Å². The molecule has 0 aliphatic rings. The van der Waals surface area contributed by atoms with Gasteiger partial charge in [0.05, 0.1) is 0 Å². The van der Waals surface area contributed by atoms with Gasteiger partial charge in [-0.05, 0) is 49.8 Å². The van der Waals surface area contributed by atoms with E-state index in [2.05, 4.69) is 24.3 Å². The van der Waals surface area contributed by atoms with E-state index < -0.39 is 0 Å². The van der Waals surface area contributed by atoms with Crippen molar-refractivity contribution in [2.45, 2.75) is 44.9 Å². The number of benzene rings is 1. The molecule has 0 atom stereocenters. The van der Waals surface area contributed by atoms with Gasteiger partial charge >= 0.3 is 0 Å². The number of hydrogen-bond donors (Lipinski definition) is 1. The molecule has 0 bridgehead atoms. The van der Waals surface area contributed by atoms with Crippen molar-refractivity contribution in [2.75, 3.05) is 20.3 Å². The minimum absolute atomic E-state index is 0. The maximum Gasteiger partial charge on any atom is 0.0462 e. The molecule has 0 amide bonds. The lowest BCUT2D eigenvalue weighted by molar-refractivity contribution is 0.192. The molecule has 19 heavy (non-hydrogen) atoms. The molecule has 3 heteroatoms. The van der Waals surface area contributed by atoms with Crippen LogP contribution in [0, 0.1) is 0 Å². The molecule has 0 saturated heterocycles.